The molecule has 0 unspecified atom stereocenters. The van der Waals surface area contributed by atoms with Gasteiger partial charge in [0.15, 0.2) is 0 Å². The number of carbonyl (C=O) groups excluding carboxylic acids is 1. The molecule has 0 atom stereocenters. The van der Waals surface area contributed by atoms with Crippen molar-refractivity contribution in [3.8, 4) is 0 Å². The van der Waals surface area contributed by atoms with Crippen LogP contribution in [0.25, 0.3) is 0 Å². The second kappa shape index (κ2) is 6.77. The van der Waals surface area contributed by atoms with E-state index in [1.807, 2.05) is 6.07 Å². The monoisotopic (exact) mass is 248 g/mol. The lowest BCUT2D eigenvalue weighted by molar-refractivity contribution is -0.123. The zero-order valence-electron chi connectivity index (χ0n) is 11.4. The Labute approximate surface area is 110 Å². The second-order valence-electron chi connectivity index (χ2n) is 5.63. The molecule has 100 valence electrons. The predicted molar refractivity (Wildman–Crippen MR) is 72.4 cm³/mol. The second-order valence-corrected chi connectivity index (χ2v) is 5.63. The molecule has 18 heavy (non-hydrogen) atoms. The van der Waals surface area contributed by atoms with Crippen molar-refractivity contribution in [3.63, 3.8) is 0 Å². The topological polar surface area (TPSA) is 30.2 Å². The smallest absolute Gasteiger partial charge is 0.140 e. The van der Waals surface area contributed by atoms with Gasteiger partial charge < -0.3 is 4.42 Å². The molecule has 0 saturated heterocycles. The van der Waals surface area contributed by atoms with Gasteiger partial charge in [0.1, 0.15) is 5.78 Å². The van der Waals surface area contributed by atoms with Crippen LogP contribution in [0.1, 0.15) is 57.4 Å². The molecule has 1 aliphatic carbocycles. The van der Waals surface area contributed by atoms with Crippen molar-refractivity contribution in [1.29, 1.82) is 0 Å². The van der Waals surface area contributed by atoms with E-state index in [9.17, 15) is 4.79 Å². The largest absolute Gasteiger partial charge is 0.472 e. The average molecular weight is 248 g/mol. The highest BCUT2D eigenvalue weighted by molar-refractivity contribution is 5.83. The summed E-state index contributed by atoms with van der Waals surface area (Å²) in [6, 6.07) is 1.89. The zero-order chi connectivity index (χ0) is 12.8. The summed E-state index contributed by atoms with van der Waals surface area (Å²) >= 11 is 0. The van der Waals surface area contributed by atoms with Crippen LogP contribution in [-0.4, -0.2) is 5.78 Å². The standard InChI is InChI=1S/C16H24O2/c1-2-3-4-13-5-7-15(8-6-13)16(17)11-14-9-10-18-12-14/h9-10,12-13,15H,2-8,11H2,1H3. The molecule has 1 heterocycles. The van der Waals surface area contributed by atoms with Crippen molar-refractivity contribution in [3.05, 3.63) is 24.2 Å². The third-order valence-corrected chi connectivity index (χ3v) is 4.23. The van der Waals surface area contributed by atoms with Gasteiger partial charge in [-0.25, -0.2) is 0 Å². The molecular weight excluding hydrogens is 224 g/mol. The number of unbranched alkanes of at least 4 members (excludes halogenated alkanes) is 1. The number of ketones is 1. The van der Waals surface area contributed by atoms with E-state index in [0.717, 1.165) is 24.3 Å². The predicted octanol–water partition coefficient (Wildman–Crippen LogP) is 4.39. The third kappa shape index (κ3) is 3.72. The van der Waals surface area contributed by atoms with E-state index < -0.39 is 0 Å². The Morgan fingerprint density at radius 2 is 2.11 bits per heavy atom. The van der Waals surface area contributed by atoms with Gasteiger partial charge in [0.2, 0.25) is 0 Å². The fraction of sp³-hybridized carbons (Fsp3) is 0.688. The lowest BCUT2D eigenvalue weighted by atomic mass is 9.77. The Kier molecular flexibility index (Phi) is 5.03. The van der Waals surface area contributed by atoms with Gasteiger partial charge in [0, 0.05) is 12.3 Å². The van der Waals surface area contributed by atoms with Crippen LogP contribution in [0.3, 0.4) is 0 Å². The molecule has 2 heteroatoms. The first-order valence-electron chi connectivity index (χ1n) is 7.33. The van der Waals surface area contributed by atoms with Crippen LogP contribution >= 0.6 is 0 Å². The summed E-state index contributed by atoms with van der Waals surface area (Å²) in [5.41, 5.74) is 1.02. The van der Waals surface area contributed by atoms with Crippen molar-refractivity contribution in [2.45, 2.75) is 58.3 Å². The molecule has 0 radical (unpaired) electrons. The SMILES string of the molecule is CCCCC1CCC(C(=O)Cc2ccoc2)CC1. The van der Waals surface area contributed by atoms with E-state index in [0.29, 0.717) is 18.1 Å². The number of rotatable bonds is 6. The van der Waals surface area contributed by atoms with E-state index in [1.165, 1.54) is 32.1 Å². The molecule has 0 bridgehead atoms. The highest BCUT2D eigenvalue weighted by atomic mass is 16.3. The molecule has 0 spiro atoms. The van der Waals surface area contributed by atoms with Crippen LogP contribution in [0.4, 0.5) is 0 Å². The van der Waals surface area contributed by atoms with Gasteiger partial charge in [-0.2, -0.15) is 0 Å². The van der Waals surface area contributed by atoms with Crippen molar-refractivity contribution < 1.29 is 9.21 Å². The van der Waals surface area contributed by atoms with Crippen LogP contribution in [0, 0.1) is 11.8 Å². The van der Waals surface area contributed by atoms with Gasteiger partial charge >= 0.3 is 0 Å². The Morgan fingerprint density at radius 3 is 2.72 bits per heavy atom. The third-order valence-electron chi connectivity index (χ3n) is 4.23. The van der Waals surface area contributed by atoms with Crippen LogP contribution < -0.4 is 0 Å². The lowest BCUT2D eigenvalue weighted by Crippen LogP contribution is -2.23. The van der Waals surface area contributed by atoms with Crippen LogP contribution in [-0.2, 0) is 11.2 Å². The first kappa shape index (κ1) is 13.4. The van der Waals surface area contributed by atoms with Gasteiger partial charge in [-0.05, 0) is 43.2 Å². The molecule has 1 aromatic heterocycles. The van der Waals surface area contributed by atoms with Crippen LogP contribution in [0.2, 0.25) is 0 Å². The van der Waals surface area contributed by atoms with E-state index in [1.54, 1.807) is 12.5 Å². The average Bonchev–Trinajstić information content (AvgIpc) is 2.89. The number of Topliss-reactive ketones (excluding diaryl/α,β-unsaturated/α-hetero) is 1. The van der Waals surface area contributed by atoms with E-state index in [-0.39, 0.29) is 0 Å². The lowest BCUT2D eigenvalue weighted by Gasteiger charge is -2.27. The number of carbonyl (C=O) groups is 1. The van der Waals surface area contributed by atoms with Crippen LogP contribution in [0.15, 0.2) is 23.0 Å². The Bertz CT molecular complexity index is 345. The number of hydrogen-bond acceptors (Lipinski definition) is 2. The summed E-state index contributed by atoms with van der Waals surface area (Å²) in [4.78, 5) is 12.1. The van der Waals surface area contributed by atoms with Gasteiger partial charge in [-0.3, -0.25) is 4.79 Å². The van der Waals surface area contributed by atoms with Crippen molar-refractivity contribution in [2.75, 3.05) is 0 Å². The quantitative estimate of drug-likeness (QED) is 0.747. The van der Waals surface area contributed by atoms with E-state index in [4.69, 9.17) is 4.42 Å². The molecule has 1 fully saturated rings. The Balaban J connectivity index is 1.73. The molecule has 1 aliphatic rings. The first-order valence-corrected chi connectivity index (χ1v) is 7.33. The zero-order valence-corrected chi connectivity index (χ0v) is 11.4. The molecule has 0 aromatic carbocycles. The molecule has 2 nitrogen and oxygen atoms in total. The molecule has 1 saturated carbocycles. The minimum absolute atomic E-state index is 0.303. The summed E-state index contributed by atoms with van der Waals surface area (Å²) < 4.78 is 5.01. The molecular formula is C16H24O2. The van der Waals surface area contributed by atoms with Crippen molar-refractivity contribution >= 4 is 5.78 Å². The first-order chi connectivity index (χ1) is 8.79. The Morgan fingerprint density at radius 1 is 1.33 bits per heavy atom. The molecule has 1 aromatic rings. The summed E-state index contributed by atoms with van der Waals surface area (Å²) in [5.74, 6) is 1.59. The molecule has 0 amide bonds. The molecule has 0 N–H and O–H groups in total. The van der Waals surface area contributed by atoms with Gasteiger partial charge in [0.25, 0.3) is 0 Å². The highest BCUT2D eigenvalue weighted by Gasteiger charge is 2.25. The minimum Gasteiger partial charge on any atom is -0.472 e. The highest BCUT2D eigenvalue weighted by Crippen LogP contribution is 2.32. The van der Waals surface area contributed by atoms with Crippen LogP contribution in [0.5, 0.6) is 0 Å². The van der Waals surface area contributed by atoms with E-state index in [2.05, 4.69) is 6.92 Å². The number of furan rings is 1. The fourth-order valence-corrected chi connectivity index (χ4v) is 3.00. The maximum atomic E-state index is 12.1. The maximum absolute atomic E-state index is 12.1. The number of hydrogen-bond donors (Lipinski definition) is 0. The van der Waals surface area contributed by atoms with Gasteiger partial charge in [-0.15, -0.1) is 0 Å². The fourth-order valence-electron chi connectivity index (χ4n) is 3.00. The molecule has 0 aliphatic heterocycles. The van der Waals surface area contributed by atoms with Crippen molar-refractivity contribution in [1.82, 2.24) is 0 Å². The molecule has 2 rings (SSSR count). The Hall–Kier alpha value is -1.05. The maximum Gasteiger partial charge on any atom is 0.140 e. The summed E-state index contributed by atoms with van der Waals surface area (Å²) in [6.07, 6.45) is 12.6. The summed E-state index contributed by atoms with van der Waals surface area (Å²) in [6.45, 7) is 2.25. The summed E-state index contributed by atoms with van der Waals surface area (Å²) in [5, 5.41) is 0. The van der Waals surface area contributed by atoms with Crippen molar-refractivity contribution in [2.24, 2.45) is 11.8 Å². The van der Waals surface area contributed by atoms with Gasteiger partial charge in [-0.1, -0.05) is 26.2 Å². The van der Waals surface area contributed by atoms with Gasteiger partial charge in [0.05, 0.1) is 12.5 Å². The summed E-state index contributed by atoms with van der Waals surface area (Å²) in [7, 11) is 0. The normalized spacial score (nSPS) is 24.1. The minimum atomic E-state index is 0.303. The van der Waals surface area contributed by atoms with E-state index >= 15 is 0 Å².